The number of carbonyl (C=O) groups excluding carboxylic acids is 1. The molecule has 1 aliphatic carbocycles. The molecule has 5 nitrogen and oxygen atoms in total. The fourth-order valence-electron chi connectivity index (χ4n) is 3.89. The van der Waals surface area contributed by atoms with Crippen LogP contribution in [0.4, 0.5) is 37.7 Å². The Bertz CT molecular complexity index is 934. The van der Waals surface area contributed by atoms with E-state index in [1.54, 1.807) is 31.3 Å². The van der Waals surface area contributed by atoms with Gasteiger partial charge in [-0.15, -0.1) is 0 Å². The van der Waals surface area contributed by atoms with Gasteiger partial charge in [0.25, 0.3) is 5.91 Å². The summed E-state index contributed by atoms with van der Waals surface area (Å²) >= 11 is 0. The van der Waals surface area contributed by atoms with Gasteiger partial charge >= 0.3 is 12.4 Å². The molecule has 33 heavy (non-hydrogen) atoms. The van der Waals surface area contributed by atoms with Crippen LogP contribution in [-0.2, 0) is 12.4 Å². The molecule has 2 N–H and O–H groups in total. The van der Waals surface area contributed by atoms with Gasteiger partial charge in [-0.2, -0.15) is 26.3 Å². The van der Waals surface area contributed by atoms with E-state index < -0.39 is 23.7 Å². The molecule has 3 rings (SSSR count). The predicted molar refractivity (Wildman–Crippen MR) is 112 cm³/mol. The topological polar surface area (TPSA) is 57.3 Å². The molecule has 11 heteroatoms. The number of alkyl halides is 6. The maximum atomic E-state index is 13.1. The van der Waals surface area contributed by atoms with Crippen LogP contribution >= 0.6 is 0 Å². The van der Waals surface area contributed by atoms with Crippen molar-refractivity contribution in [2.45, 2.75) is 50.1 Å². The number of amides is 1. The van der Waals surface area contributed by atoms with Crippen molar-refractivity contribution < 1.29 is 31.1 Å². The Hall–Kier alpha value is -2.98. The molecule has 0 aliphatic heterocycles. The first-order valence-electron chi connectivity index (χ1n) is 10.4. The number of carbonyl (C=O) groups is 1. The molecule has 0 unspecified atom stereocenters. The van der Waals surface area contributed by atoms with Crippen molar-refractivity contribution in [3.8, 4) is 0 Å². The zero-order valence-corrected chi connectivity index (χ0v) is 18.0. The third-order valence-corrected chi connectivity index (χ3v) is 5.81. The Morgan fingerprint density at radius 1 is 0.939 bits per heavy atom. The highest BCUT2D eigenvalue weighted by molar-refractivity contribution is 5.94. The van der Waals surface area contributed by atoms with E-state index in [0.29, 0.717) is 43.4 Å². The summed E-state index contributed by atoms with van der Waals surface area (Å²) in [5.41, 5.74) is -1.98. The number of halogens is 6. The summed E-state index contributed by atoms with van der Waals surface area (Å²) in [5, 5.41) is 5.91. The van der Waals surface area contributed by atoms with Crippen LogP contribution in [0.15, 0.2) is 36.4 Å². The van der Waals surface area contributed by atoms with E-state index in [2.05, 4.69) is 15.6 Å². The number of nitrogens with one attached hydrogen (secondary N) is 2. The lowest BCUT2D eigenvalue weighted by Gasteiger charge is -2.36. The average molecular weight is 474 g/mol. The Labute approximate surface area is 187 Å². The van der Waals surface area contributed by atoms with Gasteiger partial charge in [0, 0.05) is 43.1 Å². The van der Waals surface area contributed by atoms with Gasteiger partial charge in [0.2, 0.25) is 0 Å². The van der Waals surface area contributed by atoms with Crippen LogP contribution in [-0.4, -0.2) is 37.1 Å². The Kier molecular flexibility index (Phi) is 7.08. The van der Waals surface area contributed by atoms with Gasteiger partial charge in [0.05, 0.1) is 0 Å². The Morgan fingerprint density at radius 3 is 1.91 bits per heavy atom. The number of pyridine rings is 1. The van der Waals surface area contributed by atoms with E-state index in [0.717, 1.165) is 5.69 Å². The molecule has 1 aromatic heterocycles. The van der Waals surface area contributed by atoms with Crippen molar-refractivity contribution in [3.63, 3.8) is 0 Å². The summed E-state index contributed by atoms with van der Waals surface area (Å²) in [6.45, 7) is 0. The van der Waals surface area contributed by atoms with Crippen molar-refractivity contribution in [2.24, 2.45) is 0 Å². The van der Waals surface area contributed by atoms with Crippen LogP contribution in [0.1, 0.15) is 47.4 Å². The van der Waals surface area contributed by atoms with Crippen LogP contribution in [0.5, 0.6) is 0 Å². The summed E-state index contributed by atoms with van der Waals surface area (Å²) in [6, 6.07) is 7.83. The number of anilines is 2. The molecular weight excluding hydrogens is 450 g/mol. The smallest absolute Gasteiger partial charge is 0.388 e. The minimum absolute atomic E-state index is 0.125. The van der Waals surface area contributed by atoms with Gasteiger partial charge < -0.3 is 15.5 Å². The van der Waals surface area contributed by atoms with E-state index in [4.69, 9.17) is 0 Å². The second-order valence-corrected chi connectivity index (χ2v) is 8.01. The van der Waals surface area contributed by atoms with Gasteiger partial charge in [-0.05, 0) is 62.1 Å². The number of hydrogen-bond donors (Lipinski definition) is 2. The molecule has 1 fully saturated rings. The molecule has 180 valence electrons. The zero-order valence-electron chi connectivity index (χ0n) is 18.0. The SMILES string of the molecule is CNc1ccc(C(=O)NC2CCC(N(C)c3cc(C(F)(F)F)nc(C(F)(F)F)c3)CC2)cc1. The highest BCUT2D eigenvalue weighted by Crippen LogP contribution is 2.37. The summed E-state index contributed by atoms with van der Waals surface area (Å²) in [5.74, 6) is -0.228. The lowest BCUT2D eigenvalue weighted by Crippen LogP contribution is -2.43. The highest BCUT2D eigenvalue weighted by Gasteiger charge is 2.39. The second-order valence-electron chi connectivity index (χ2n) is 8.01. The molecule has 0 spiro atoms. The third kappa shape index (κ3) is 6.08. The zero-order chi connectivity index (χ0) is 24.4. The van der Waals surface area contributed by atoms with Gasteiger partial charge in [-0.1, -0.05) is 0 Å². The summed E-state index contributed by atoms with van der Waals surface area (Å²) < 4.78 is 78.6. The minimum atomic E-state index is -5.00. The van der Waals surface area contributed by atoms with Crippen molar-refractivity contribution in [2.75, 3.05) is 24.3 Å². The minimum Gasteiger partial charge on any atom is -0.388 e. The molecule has 1 heterocycles. The Morgan fingerprint density at radius 2 is 1.45 bits per heavy atom. The third-order valence-electron chi connectivity index (χ3n) is 5.81. The summed E-state index contributed by atoms with van der Waals surface area (Å²) in [7, 11) is 3.24. The van der Waals surface area contributed by atoms with Gasteiger partial charge in [-0.3, -0.25) is 4.79 Å². The van der Waals surface area contributed by atoms with E-state index in [1.807, 2.05) is 0 Å². The first kappa shape index (κ1) is 24.7. The molecule has 1 saturated carbocycles. The van der Waals surface area contributed by atoms with Crippen LogP contribution in [0, 0.1) is 0 Å². The molecule has 1 amide bonds. The van der Waals surface area contributed by atoms with E-state index in [9.17, 15) is 31.1 Å². The average Bonchev–Trinajstić information content (AvgIpc) is 2.77. The maximum absolute atomic E-state index is 13.1. The fourth-order valence-corrected chi connectivity index (χ4v) is 3.89. The quantitative estimate of drug-likeness (QED) is 0.575. The largest absolute Gasteiger partial charge is 0.433 e. The summed E-state index contributed by atoms with van der Waals surface area (Å²) in [4.78, 5) is 16.6. The lowest BCUT2D eigenvalue weighted by atomic mass is 9.90. The number of benzene rings is 1. The van der Waals surface area contributed by atoms with E-state index >= 15 is 0 Å². The van der Waals surface area contributed by atoms with E-state index in [1.165, 1.54) is 11.9 Å². The molecule has 2 aromatic rings. The first-order chi connectivity index (χ1) is 15.4. The van der Waals surface area contributed by atoms with Crippen LogP contribution < -0.4 is 15.5 Å². The van der Waals surface area contributed by atoms with Crippen molar-refractivity contribution in [1.82, 2.24) is 10.3 Å². The molecule has 0 radical (unpaired) electrons. The normalized spacial score (nSPS) is 19.2. The lowest BCUT2D eigenvalue weighted by molar-refractivity contribution is -0.150. The van der Waals surface area contributed by atoms with Crippen LogP contribution in [0.25, 0.3) is 0 Å². The predicted octanol–water partition coefficient (Wildman–Crippen LogP) is 5.34. The highest BCUT2D eigenvalue weighted by atomic mass is 19.4. The standard InChI is InChI=1S/C22H24F6N4O/c1-29-14-5-3-13(4-6-14)20(33)30-15-7-9-16(10-8-15)32(2)17-11-18(21(23,24)25)31-19(12-17)22(26,27)28/h3-6,11-12,15-16,29H,7-10H2,1-2H3,(H,30,33). The Balaban J connectivity index is 1.66. The second kappa shape index (κ2) is 9.48. The number of nitrogens with zero attached hydrogens (tertiary/aromatic N) is 2. The molecule has 0 bridgehead atoms. The van der Waals surface area contributed by atoms with Crippen molar-refractivity contribution in [3.05, 3.63) is 53.3 Å². The monoisotopic (exact) mass is 474 g/mol. The molecule has 1 aromatic carbocycles. The molecular formula is C22H24F6N4O. The fraction of sp³-hybridized carbons (Fsp3) is 0.455. The van der Waals surface area contributed by atoms with Gasteiger partial charge in [0.1, 0.15) is 11.4 Å². The molecule has 0 saturated heterocycles. The molecule has 1 aliphatic rings. The van der Waals surface area contributed by atoms with Crippen LogP contribution in [0.2, 0.25) is 0 Å². The maximum Gasteiger partial charge on any atom is 0.433 e. The summed E-state index contributed by atoms with van der Waals surface area (Å²) in [6.07, 6.45) is -7.87. The van der Waals surface area contributed by atoms with Crippen molar-refractivity contribution in [1.29, 1.82) is 0 Å². The number of rotatable bonds is 5. The number of hydrogen-bond acceptors (Lipinski definition) is 4. The number of aromatic nitrogens is 1. The van der Waals surface area contributed by atoms with Gasteiger partial charge in [0.15, 0.2) is 0 Å². The first-order valence-corrected chi connectivity index (χ1v) is 10.4. The van der Waals surface area contributed by atoms with Gasteiger partial charge in [-0.25, -0.2) is 4.98 Å². The van der Waals surface area contributed by atoms with Crippen LogP contribution in [0.3, 0.4) is 0 Å². The van der Waals surface area contributed by atoms with E-state index in [-0.39, 0.29) is 23.7 Å². The van der Waals surface area contributed by atoms with Crippen molar-refractivity contribution >= 4 is 17.3 Å². The molecule has 0 atom stereocenters.